The molecule has 0 amide bonds. The second-order valence-corrected chi connectivity index (χ2v) is 5.44. The van der Waals surface area contributed by atoms with Crippen molar-refractivity contribution in [3.8, 4) is 0 Å². The van der Waals surface area contributed by atoms with Crippen LogP contribution < -0.4 is 4.90 Å². The van der Waals surface area contributed by atoms with E-state index in [1.54, 1.807) is 0 Å². The Bertz CT molecular complexity index is 461. The number of allylic oxidation sites excluding steroid dienone is 1. The summed E-state index contributed by atoms with van der Waals surface area (Å²) in [6, 6.07) is 0.622. The number of hydrogen-bond donors (Lipinski definition) is 1. The third-order valence-electron chi connectivity index (χ3n) is 3.50. The molecule has 1 aliphatic heterocycles. The van der Waals surface area contributed by atoms with E-state index >= 15 is 0 Å². The fourth-order valence-electron chi connectivity index (χ4n) is 2.15. The van der Waals surface area contributed by atoms with E-state index in [1.807, 2.05) is 13.8 Å². The standard InChI is InChI=1S/C14H22N4O2/c1-10(2)13-16-14(20-17-13)18-6-4-12(5-7-18)9-19-11(3)8-15/h8,10,12,15H,3-7,9H2,1-2H3. The molecular weight excluding hydrogens is 256 g/mol. The van der Waals surface area contributed by atoms with Crippen LogP contribution in [0, 0.1) is 11.3 Å². The van der Waals surface area contributed by atoms with Crippen molar-refractivity contribution in [1.82, 2.24) is 10.1 Å². The van der Waals surface area contributed by atoms with E-state index in [2.05, 4.69) is 21.6 Å². The quantitative estimate of drug-likeness (QED) is 0.639. The maximum atomic E-state index is 7.02. The highest BCUT2D eigenvalue weighted by atomic mass is 16.5. The molecule has 1 aliphatic rings. The molecule has 6 nitrogen and oxygen atoms in total. The number of anilines is 1. The molecule has 2 rings (SSSR count). The Kier molecular flexibility index (Phi) is 4.76. The van der Waals surface area contributed by atoms with Gasteiger partial charge in [-0.05, 0) is 18.8 Å². The molecule has 1 fully saturated rings. The summed E-state index contributed by atoms with van der Waals surface area (Å²) < 4.78 is 10.7. The molecule has 0 bridgehead atoms. The lowest BCUT2D eigenvalue weighted by molar-refractivity contribution is 0.164. The van der Waals surface area contributed by atoms with Crippen LogP contribution >= 0.6 is 0 Å². The lowest BCUT2D eigenvalue weighted by Crippen LogP contribution is -2.35. The van der Waals surface area contributed by atoms with Crippen LogP contribution in [0.2, 0.25) is 0 Å². The second kappa shape index (κ2) is 6.54. The molecule has 1 saturated heterocycles. The highest BCUT2D eigenvalue weighted by Crippen LogP contribution is 2.23. The number of ether oxygens (including phenoxy) is 1. The number of aromatic nitrogens is 2. The fraction of sp³-hybridized carbons (Fsp3) is 0.643. The third-order valence-corrected chi connectivity index (χ3v) is 3.50. The van der Waals surface area contributed by atoms with Crippen LogP contribution in [0.25, 0.3) is 0 Å². The minimum absolute atomic E-state index is 0.283. The molecule has 1 N–H and O–H groups in total. The van der Waals surface area contributed by atoms with Gasteiger partial charge in [0.15, 0.2) is 5.82 Å². The van der Waals surface area contributed by atoms with Crippen LogP contribution in [-0.4, -0.2) is 36.1 Å². The smallest absolute Gasteiger partial charge is 0.324 e. The Hall–Kier alpha value is -1.85. The van der Waals surface area contributed by atoms with Gasteiger partial charge in [-0.1, -0.05) is 25.6 Å². The second-order valence-electron chi connectivity index (χ2n) is 5.44. The topological polar surface area (TPSA) is 75.2 Å². The van der Waals surface area contributed by atoms with Crippen LogP contribution in [0.1, 0.15) is 38.4 Å². The maximum Gasteiger partial charge on any atom is 0.324 e. The molecule has 0 unspecified atom stereocenters. The van der Waals surface area contributed by atoms with Gasteiger partial charge in [0, 0.05) is 19.0 Å². The van der Waals surface area contributed by atoms with Crippen molar-refractivity contribution in [2.75, 3.05) is 24.6 Å². The average Bonchev–Trinajstić information content (AvgIpc) is 2.95. The van der Waals surface area contributed by atoms with Crippen molar-refractivity contribution in [3.05, 3.63) is 18.2 Å². The first-order chi connectivity index (χ1) is 9.60. The van der Waals surface area contributed by atoms with Gasteiger partial charge < -0.3 is 19.6 Å². The Morgan fingerprint density at radius 1 is 1.55 bits per heavy atom. The summed E-state index contributed by atoms with van der Waals surface area (Å²) in [5.74, 6) is 1.96. The molecule has 0 aliphatic carbocycles. The van der Waals surface area contributed by atoms with E-state index < -0.39 is 0 Å². The predicted octanol–water partition coefficient (Wildman–Crippen LogP) is 2.59. The van der Waals surface area contributed by atoms with Crippen molar-refractivity contribution in [1.29, 1.82) is 5.41 Å². The first-order valence-corrected chi connectivity index (χ1v) is 7.01. The Morgan fingerprint density at radius 2 is 2.25 bits per heavy atom. The van der Waals surface area contributed by atoms with Crippen molar-refractivity contribution in [2.24, 2.45) is 5.92 Å². The number of nitrogens with zero attached hydrogens (tertiary/aromatic N) is 3. The van der Waals surface area contributed by atoms with Gasteiger partial charge in [0.1, 0.15) is 5.76 Å². The third kappa shape index (κ3) is 3.59. The molecule has 110 valence electrons. The van der Waals surface area contributed by atoms with Crippen molar-refractivity contribution in [2.45, 2.75) is 32.6 Å². The SMILES string of the molecule is C=C(C=N)OCC1CCN(c2nc(C(C)C)no2)CC1. The maximum absolute atomic E-state index is 7.02. The van der Waals surface area contributed by atoms with Gasteiger partial charge >= 0.3 is 6.01 Å². The Labute approximate surface area is 119 Å². The van der Waals surface area contributed by atoms with Gasteiger partial charge in [-0.2, -0.15) is 4.98 Å². The van der Waals surface area contributed by atoms with Crippen LogP contribution in [0.4, 0.5) is 6.01 Å². The number of piperidine rings is 1. The Morgan fingerprint density at radius 3 is 2.80 bits per heavy atom. The van der Waals surface area contributed by atoms with Gasteiger partial charge in [0.25, 0.3) is 0 Å². The fourth-order valence-corrected chi connectivity index (χ4v) is 2.15. The lowest BCUT2D eigenvalue weighted by atomic mass is 9.98. The van der Waals surface area contributed by atoms with Crippen LogP contribution in [0.5, 0.6) is 0 Å². The lowest BCUT2D eigenvalue weighted by Gasteiger charge is -2.30. The van der Waals surface area contributed by atoms with Crippen LogP contribution in [0.3, 0.4) is 0 Å². The number of nitrogens with one attached hydrogen (secondary N) is 1. The first-order valence-electron chi connectivity index (χ1n) is 7.01. The van der Waals surface area contributed by atoms with Gasteiger partial charge in [0.05, 0.1) is 12.8 Å². The van der Waals surface area contributed by atoms with E-state index in [9.17, 15) is 0 Å². The highest BCUT2D eigenvalue weighted by Gasteiger charge is 2.23. The zero-order valence-corrected chi connectivity index (χ0v) is 12.1. The van der Waals surface area contributed by atoms with Crippen LogP contribution in [-0.2, 0) is 4.74 Å². The summed E-state index contributed by atoms with van der Waals surface area (Å²) in [5.41, 5.74) is 0. The summed E-state index contributed by atoms with van der Waals surface area (Å²) in [4.78, 5) is 6.54. The van der Waals surface area contributed by atoms with Gasteiger partial charge in [-0.3, -0.25) is 0 Å². The van der Waals surface area contributed by atoms with Crippen molar-refractivity contribution in [3.63, 3.8) is 0 Å². The monoisotopic (exact) mass is 278 g/mol. The molecule has 0 saturated carbocycles. The van der Waals surface area contributed by atoms with Gasteiger partial charge in [0.2, 0.25) is 0 Å². The number of hydrogen-bond acceptors (Lipinski definition) is 6. The molecule has 0 atom stereocenters. The molecule has 0 spiro atoms. The first kappa shape index (κ1) is 14.6. The molecule has 1 aromatic heterocycles. The normalized spacial score (nSPS) is 16.4. The van der Waals surface area contributed by atoms with Crippen molar-refractivity contribution >= 4 is 12.2 Å². The minimum atomic E-state index is 0.283. The minimum Gasteiger partial charge on any atom is -0.492 e. The zero-order chi connectivity index (χ0) is 14.5. The molecule has 1 aromatic rings. The number of rotatable bonds is 6. The molecule has 20 heavy (non-hydrogen) atoms. The molecule has 6 heteroatoms. The Balaban J connectivity index is 1.81. The average molecular weight is 278 g/mol. The summed E-state index contributed by atoms with van der Waals surface area (Å²) in [5, 5.41) is 11.0. The largest absolute Gasteiger partial charge is 0.492 e. The van der Waals surface area contributed by atoms with Crippen LogP contribution in [0.15, 0.2) is 16.9 Å². The summed E-state index contributed by atoms with van der Waals surface area (Å²) >= 11 is 0. The highest BCUT2D eigenvalue weighted by molar-refractivity contribution is 5.71. The molecule has 0 aromatic carbocycles. The van der Waals surface area contributed by atoms with Gasteiger partial charge in [-0.25, -0.2) is 0 Å². The molecule has 0 radical (unpaired) electrons. The molecular formula is C14H22N4O2. The predicted molar refractivity (Wildman–Crippen MR) is 77.2 cm³/mol. The summed E-state index contributed by atoms with van der Waals surface area (Å²) in [6.45, 7) is 10.1. The molecule has 2 heterocycles. The van der Waals surface area contributed by atoms with Crippen molar-refractivity contribution < 1.29 is 9.26 Å². The van der Waals surface area contributed by atoms with E-state index in [1.165, 1.54) is 0 Å². The summed E-state index contributed by atoms with van der Waals surface area (Å²) in [7, 11) is 0. The summed E-state index contributed by atoms with van der Waals surface area (Å²) in [6.07, 6.45) is 3.18. The van der Waals surface area contributed by atoms with E-state index in [4.69, 9.17) is 14.7 Å². The van der Waals surface area contributed by atoms with E-state index in [-0.39, 0.29) is 5.92 Å². The van der Waals surface area contributed by atoms with E-state index in [0.29, 0.717) is 24.3 Å². The van der Waals surface area contributed by atoms with Gasteiger partial charge in [-0.15, -0.1) is 0 Å². The zero-order valence-electron chi connectivity index (χ0n) is 12.1. The van der Waals surface area contributed by atoms with E-state index in [0.717, 1.165) is 38.0 Å².